The number of fused-ring (bicyclic) bond motifs is 1. The highest BCUT2D eigenvalue weighted by atomic mass is 15.3. The lowest BCUT2D eigenvalue weighted by atomic mass is 9.97. The van der Waals surface area contributed by atoms with Gasteiger partial charge in [0.15, 0.2) is 0 Å². The Bertz CT molecular complexity index is 290. The maximum Gasteiger partial charge on any atom is 0.0224 e. The molecular formula is C22H44N2. The molecule has 2 aliphatic rings. The molecule has 0 aliphatic carbocycles. The van der Waals surface area contributed by atoms with E-state index in [0.29, 0.717) is 0 Å². The molecule has 0 spiro atoms. The summed E-state index contributed by atoms with van der Waals surface area (Å²) in [6, 6.07) is 1.78. The van der Waals surface area contributed by atoms with Crippen molar-refractivity contribution >= 4 is 0 Å². The lowest BCUT2D eigenvalue weighted by Crippen LogP contribution is -2.53. The van der Waals surface area contributed by atoms with Crippen molar-refractivity contribution in [2.45, 2.75) is 116 Å². The molecule has 2 heteroatoms. The van der Waals surface area contributed by atoms with Crippen LogP contribution in [-0.2, 0) is 0 Å². The fraction of sp³-hybridized carbons (Fsp3) is 1.00. The first kappa shape index (κ1) is 20.2. The Morgan fingerprint density at radius 1 is 0.750 bits per heavy atom. The van der Waals surface area contributed by atoms with Gasteiger partial charge in [0, 0.05) is 31.7 Å². The Hall–Kier alpha value is -0.0800. The molecule has 2 rings (SSSR count). The van der Waals surface area contributed by atoms with E-state index >= 15 is 0 Å². The summed E-state index contributed by atoms with van der Waals surface area (Å²) in [7, 11) is 0. The number of hydrogen-bond acceptors (Lipinski definition) is 2. The highest BCUT2D eigenvalue weighted by Crippen LogP contribution is 2.26. The Kier molecular flexibility index (Phi) is 10.4. The van der Waals surface area contributed by atoms with Crippen molar-refractivity contribution in [1.82, 2.24) is 9.80 Å². The zero-order valence-corrected chi connectivity index (χ0v) is 16.8. The predicted molar refractivity (Wildman–Crippen MR) is 107 cm³/mol. The third kappa shape index (κ3) is 7.04. The SMILES string of the molecule is CCCCCCCC(CCCCCCC)N1CCN2CCCC2C1. The van der Waals surface area contributed by atoms with Gasteiger partial charge in [-0.1, -0.05) is 78.1 Å². The van der Waals surface area contributed by atoms with Gasteiger partial charge in [0.05, 0.1) is 0 Å². The van der Waals surface area contributed by atoms with Crippen LogP contribution in [0.1, 0.15) is 104 Å². The molecule has 2 nitrogen and oxygen atoms in total. The molecule has 24 heavy (non-hydrogen) atoms. The molecule has 0 aromatic carbocycles. The second-order valence-electron chi connectivity index (χ2n) is 8.39. The number of piperazine rings is 1. The summed E-state index contributed by atoms with van der Waals surface area (Å²) < 4.78 is 0. The first-order valence-electron chi connectivity index (χ1n) is 11.3. The van der Waals surface area contributed by atoms with Crippen LogP contribution in [0.3, 0.4) is 0 Å². The lowest BCUT2D eigenvalue weighted by Gasteiger charge is -2.42. The zero-order chi connectivity index (χ0) is 17.0. The van der Waals surface area contributed by atoms with Crippen molar-refractivity contribution in [2.75, 3.05) is 26.2 Å². The van der Waals surface area contributed by atoms with E-state index in [1.807, 2.05) is 0 Å². The highest BCUT2D eigenvalue weighted by molar-refractivity contribution is 4.89. The van der Waals surface area contributed by atoms with E-state index in [0.717, 1.165) is 12.1 Å². The van der Waals surface area contributed by atoms with E-state index in [4.69, 9.17) is 0 Å². The van der Waals surface area contributed by atoms with Crippen molar-refractivity contribution < 1.29 is 0 Å². The van der Waals surface area contributed by atoms with Gasteiger partial charge >= 0.3 is 0 Å². The fourth-order valence-electron chi connectivity index (χ4n) is 4.82. The molecule has 0 N–H and O–H groups in total. The van der Waals surface area contributed by atoms with Crippen molar-refractivity contribution in [3.63, 3.8) is 0 Å². The molecule has 2 aliphatic heterocycles. The number of hydrogen-bond donors (Lipinski definition) is 0. The smallest absolute Gasteiger partial charge is 0.0224 e. The van der Waals surface area contributed by atoms with Gasteiger partial charge in [-0.25, -0.2) is 0 Å². The Labute approximate surface area is 152 Å². The van der Waals surface area contributed by atoms with Gasteiger partial charge < -0.3 is 0 Å². The fourth-order valence-corrected chi connectivity index (χ4v) is 4.82. The van der Waals surface area contributed by atoms with Gasteiger partial charge in [-0.2, -0.15) is 0 Å². The van der Waals surface area contributed by atoms with Crippen LogP contribution in [0.25, 0.3) is 0 Å². The van der Waals surface area contributed by atoms with Crippen LogP contribution in [0.5, 0.6) is 0 Å². The molecule has 1 unspecified atom stereocenters. The Balaban J connectivity index is 1.73. The molecule has 2 fully saturated rings. The van der Waals surface area contributed by atoms with Crippen LogP contribution in [0.2, 0.25) is 0 Å². The van der Waals surface area contributed by atoms with Gasteiger partial charge in [0.2, 0.25) is 0 Å². The monoisotopic (exact) mass is 336 g/mol. The van der Waals surface area contributed by atoms with Gasteiger partial charge in [-0.3, -0.25) is 9.80 Å². The summed E-state index contributed by atoms with van der Waals surface area (Å²) in [4.78, 5) is 5.65. The average molecular weight is 337 g/mol. The van der Waals surface area contributed by atoms with Gasteiger partial charge in [-0.05, 0) is 32.2 Å². The van der Waals surface area contributed by atoms with E-state index in [1.54, 1.807) is 0 Å². The summed E-state index contributed by atoms with van der Waals surface area (Å²) in [6.07, 6.45) is 20.2. The van der Waals surface area contributed by atoms with E-state index < -0.39 is 0 Å². The Morgan fingerprint density at radius 2 is 1.38 bits per heavy atom. The molecule has 2 heterocycles. The first-order chi connectivity index (χ1) is 11.8. The third-order valence-electron chi connectivity index (χ3n) is 6.42. The molecule has 142 valence electrons. The van der Waals surface area contributed by atoms with Crippen molar-refractivity contribution in [1.29, 1.82) is 0 Å². The maximum atomic E-state index is 2.89. The minimum absolute atomic E-state index is 0.885. The molecular weight excluding hydrogens is 292 g/mol. The topological polar surface area (TPSA) is 6.48 Å². The van der Waals surface area contributed by atoms with Gasteiger partial charge in [-0.15, -0.1) is 0 Å². The second-order valence-corrected chi connectivity index (χ2v) is 8.39. The summed E-state index contributed by atoms with van der Waals surface area (Å²) >= 11 is 0. The standard InChI is InChI=1S/C22H44N2/c1-3-5-7-9-11-14-21(15-12-10-8-6-4-2)24-19-18-23-17-13-16-22(23)20-24/h21-22H,3-20H2,1-2H3. The van der Waals surface area contributed by atoms with Gasteiger partial charge in [0.25, 0.3) is 0 Å². The van der Waals surface area contributed by atoms with Crippen molar-refractivity contribution in [3.8, 4) is 0 Å². The molecule has 2 saturated heterocycles. The number of unbranched alkanes of at least 4 members (excludes halogenated alkanes) is 8. The second kappa shape index (κ2) is 12.3. The maximum absolute atomic E-state index is 2.89. The highest BCUT2D eigenvalue weighted by Gasteiger charge is 2.32. The normalized spacial score (nSPS) is 22.4. The van der Waals surface area contributed by atoms with Crippen LogP contribution < -0.4 is 0 Å². The Morgan fingerprint density at radius 3 is 2.00 bits per heavy atom. The van der Waals surface area contributed by atoms with Crippen LogP contribution in [0.15, 0.2) is 0 Å². The predicted octanol–water partition coefficient (Wildman–Crippen LogP) is 5.86. The van der Waals surface area contributed by atoms with Gasteiger partial charge in [0.1, 0.15) is 0 Å². The van der Waals surface area contributed by atoms with Crippen LogP contribution in [0.4, 0.5) is 0 Å². The van der Waals surface area contributed by atoms with Crippen molar-refractivity contribution in [3.05, 3.63) is 0 Å². The van der Waals surface area contributed by atoms with Crippen molar-refractivity contribution in [2.24, 2.45) is 0 Å². The summed E-state index contributed by atoms with van der Waals surface area (Å²) in [6.45, 7) is 10.1. The number of rotatable bonds is 13. The number of nitrogens with zero attached hydrogens (tertiary/aromatic N) is 2. The minimum Gasteiger partial charge on any atom is -0.298 e. The quantitative estimate of drug-likeness (QED) is 0.389. The van der Waals surface area contributed by atoms with E-state index in [-0.39, 0.29) is 0 Å². The molecule has 1 atom stereocenters. The average Bonchev–Trinajstić information content (AvgIpc) is 3.07. The van der Waals surface area contributed by atoms with Crippen LogP contribution in [-0.4, -0.2) is 48.1 Å². The summed E-state index contributed by atoms with van der Waals surface area (Å²) in [5.74, 6) is 0. The largest absolute Gasteiger partial charge is 0.298 e. The van der Waals surface area contributed by atoms with E-state index in [9.17, 15) is 0 Å². The van der Waals surface area contributed by atoms with E-state index in [2.05, 4.69) is 23.6 Å². The summed E-state index contributed by atoms with van der Waals surface area (Å²) in [5.41, 5.74) is 0. The molecule has 0 aromatic heterocycles. The molecule has 0 saturated carbocycles. The molecule has 0 amide bonds. The zero-order valence-electron chi connectivity index (χ0n) is 16.8. The minimum atomic E-state index is 0.885. The van der Waals surface area contributed by atoms with E-state index in [1.165, 1.54) is 116 Å². The molecule has 0 radical (unpaired) electrons. The van der Waals surface area contributed by atoms with Crippen LogP contribution >= 0.6 is 0 Å². The molecule has 0 aromatic rings. The summed E-state index contributed by atoms with van der Waals surface area (Å²) in [5, 5.41) is 0. The first-order valence-corrected chi connectivity index (χ1v) is 11.3. The molecule has 0 bridgehead atoms. The van der Waals surface area contributed by atoms with Crippen LogP contribution in [0, 0.1) is 0 Å². The lowest BCUT2D eigenvalue weighted by molar-refractivity contribution is 0.0629. The third-order valence-corrected chi connectivity index (χ3v) is 6.42.